The Morgan fingerprint density at radius 3 is 2.60 bits per heavy atom. The maximum absolute atomic E-state index is 12.7. The molecule has 0 saturated heterocycles. The van der Waals surface area contributed by atoms with Crippen molar-refractivity contribution in [2.24, 2.45) is 0 Å². The number of aromatic nitrogens is 2. The van der Waals surface area contributed by atoms with Crippen molar-refractivity contribution < 1.29 is 4.79 Å². The number of unbranched alkanes of at least 4 members (excludes halogenated alkanes) is 2. The molecule has 0 bridgehead atoms. The molecule has 0 atom stereocenters. The number of carbonyl (C=O) groups is 1. The van der Waals surface area contributed by atoms with E-state index >= 15 is 0 Å². The molecule has 0 fully saturated rings. The lowest BCUT2D eigenvalue weighted by molar-refractivity contribution is 0.0743. The second-order valence-electron chi connectivity index (χ2n) is 5.46. The van der Waals surface area contributed by atoms with E-state index in [0.29, 0.717) is 5.69 Å². The van der Waals surface area contributed by atoms with Crippen molar-refractivity contribution in [2.75, 3.05) is 19.6 Å². The zero-order valence-electron chi connectivity index (χ0n) is 12.7. The quantitative estimate of drug-likeness (QED) is 0.803. The summed E-state index contributed by atoms with van der Waals surface area (Å²) in [5.41, 5.74) is 2.82. The van der Waals surface area contributed by atoms with Gasteiger partial charge < -0.3 is 10.2 Å². The number of nitrogens with one attached hydrogen (secondary N) is 2. The lowest BCUT2D eigenvalue weighted by atomic mass is 10.1. The topological polar surface area (TPSA) is 61.0 Å². The summed E-state index contributed by atoms with van der Waals surface area (Å²) in [5, 5.41) is 10.6. The number of aromatic amines is 1. The molecule has 20 heavy (non-hydrogen) atoms. The summed E-state index contributed by atoms with van der Waals surface area (Å²) >= 11 is 0. The molecule has 0 saturated carbocycles. The fraction of sp³-hybridized carbons (Fsp3) is 0.733. The molecular formula is C15H26N4O. The van der Waals surface area contributed by atoms with Crippen molar-refractivity contribution in [1.82, 2.24) is 20.4 Å². The summed E-state index contributed by atoms with van der Waals surface area (Å²) in [6.07, 6.45) is 5.26. The van der Waals surface area contributed by atoms with Crippen LogP contribution in [0.5, 0.6) is 0 Å². The van der Waals surface area contributed by atoms with Gasteiger partial charge in [0.2, 0.25) is 0 Å². The average Bonchev–Trinajstić information content (AvgIpc) is 2.91. The molecule has 112 valence electrons. The summed E-state index contributed by atoms with van der Waals surface area (Å²) in [6, 6.07) is 0. The molecule has 1 amide bonds. The first-order valence-corrected chi connectivity index (χ1v) is 7.84. The number of rotatable bonds is 7. The molecule has 1 aliphatic rings. The molecule has 2 heterocycles. The highest BCUT2D eigenvalue weighted by molar-refractivity contribution is 5.94. The van der Waals surface area contributed by atoms with Gasteiger partial charge in [-0.3, -0.25) is 9.89 Å². The van der Waals surface area contributed by atoms with Crippen LogP contribution >= 0.6 is 0 Å². The van der Waals surface area contributed by atoms with Crippen LogP contribution in [-0.4, -0.2) is 40.6 Å². The van der Waals surface area contributed by atoms with Crippen molar-refractivity contribution in [3.8, 4) is 0 Å². The minimum atomic E-state index is 0.0908. The Bertz CT molecular complexity index is 433. The van der Waals surface area contributed by atoms with E-state index in [1.165, 1.54) is 0 Å². The Morgan fingerprint density at radius 1 is 1.25 bits per heavy atom. The average molecular weight is 278 g/mol. The van der Waals surface area contributed by atoms with Crippen LogP contribution in [0.15, 0.2) is 0 Å². The molecule has 1 aromatic rings. The summed E-state index contributed by atoms with van der Waals surface area (Å²) in [4.78, 5) is 14.7. The van der Waals surface area contributed by atoms with Gasteiger partial charge in [-0.1, -0.05) is 26.7 Å². The van der Waals surface area contributed by atoms with E-state index in [1.54, 1.807) is 0 Å². The van der Waals surface area contributed by atoms with Crippen LogP contribution in [0.1, 0.15) is 61.3 Å². The highest BCUT2D eigenvalue weighted by Crippen LogP contribution is 2.17. The third kappa shape index (κ3) is 3.39. The fourth-order valence-electron chi connectivity index (χ4n) is 2.56. The Hall–Kier alpha value is -1.36. The standard InChI is InChI=1S/C15H26N4O/c1-3-5-9-19(10-6-4-2)15(20)14-12-11-16-8-7-13(12)17-18-14/h16H,3-11H2,1-2H3,(H,17,18). The monoisotopic (exact) mass is 278 g/mol. The Morgan fingerprint density at radius 2 is 1.95 bits per heavy atom. The second kappa shape index (κ2) is 7.43. The van der Waals surface area contributed by atoms with Crippen molar-refractivity contribution in [3.05, 3.63) is 17.0 Å². The van der Waals surface area contributed by atoms with E-state index in [1.807, 2.05) is 4.90 Å². The molecule has 5 heteroatoms. The van der Waals surface area contributed by atoms with Crippen molar-refractivity contribution in [2.45, 2.75) is 52.5 Å². The number of carbonyl (C=O) groups excluding carboxylic acids is 1. The molecule has 5 nitrogen and oxygen atoms in total. The van der Waals surface area contributed by atoms with Crippen LogP contribution in [-0.2, 0) is 13.0 Å². The van der Waals surface area contributed by atoms with E-state index in [0.717, 1.165) is 69.5 Å². The minimum Gasteiger partial charge on any atom is -0.337 e. The van der Waals surface area contributed by atoms with Crippen molar-refractivity contribution >= 4 is 5.91 Å². The van der Waals surface area contributed by atoms with E-state index in [2.05, 4.69) is 29.4 Å². The first kappa shape index (κ1) is 15.0. The zero-order valence-corrected chi connectivity index (χ0v) is 12.7. The molecule has 2 N–H and O–H groups in total. The van der Waals surface area contributed by atoms with Crippen LogP contribution in [0.2, 0.25) is 0 Å². The second-order valence-corrected chi connectivity index (χ2v) is 5.46. The lowest BCUT2D eigenvalue weighted by Gasteiger charge is -2.22. The third-order valence-electron chi connectivity index (χ3n) is 3.86. The zero-order chi connectivity index (χ0) is 14.4. The maximum Gasteiger partial charge on any atom is 0.274 e. The largest absolute Gasteiger partial charge is 0.337 e. The van der Waals surface area contributed by atoms with Gasteiger partial charge in [0.15, 0.2) is 5.69 Å². The van der Waals surface area contributed by atoms with Crippen LogP contribution < -0.4 is 5.32 Å². The van der Waals surface area contributed by atoms with E-state index in [9.17, 15) is 4.79 Å². The van der Waals surface area contributed by atoms with E-state index < -0.39 is 0 Å². The summed E-state index contributed by atoms with van der Waals surface area (Å²) in [7, 11) is 0. The summed E-state index contributed by atoms with van der Waals surface area (Å²) < 4.78 is 0. The molecular weight excluding hydrogens is 252 g/mol. The Balaban J connectivity index is 2.11. The van der Waals surface area contributed by atoms with Crippen LogP contribution in [0.4, 0.5) is 0 Å². The molecule has 0 spiro atoms. The van der Waals surface area contributed by atoms with Crippen molar-refractivity contribution in [3.63, 3.8) is 0 Å². The van der Waals surface area contributed by atoms with Gasteiger partial charge in [-0.15, -0.1) is 0 Å². The van der Waals surface area contributed by atoms with E-state index in [-0.39, 0.29) is 5.91 Å². The first-order chi connectivity index (χ1) is 9.77. The van der Waals surface area contributed by atoms with Gasteiger partial charge in [0.05, 0.1) is 0 Å². The van der Waals surface area contributed by atoms with Gasteiger partial charge in [0.1, 0.15) is 0 Å². The number of amides is 1. The summed E-state index contributed by atoms with van der Waals surface area (Å²) in [6.45, 7) is 7.70. The van der Waals surface area contributed by atoms with Crippen LogP contribution in [0, 0.1) is 0 Å². The summed E-state index contributed by atoms with van der Waals surface area (Å²) in [5.74, 6) is 0.0908. The molecule has 0 unspecified atom stereocenters. The number of hydrogen-bond donors (Lipinski definition) is 2. The molecule has 2 rings (SSSR count). The normalized spacial score (nSPS) is 14.1. The SMILES string of the molecule is CCCCN(CCCC)C(=O)c1n[nH]c2c1CNCC2. The van der Waals surface area contributed by atoms with E-state index in [4.69, 9.17) is 0 Å². The molecule has 0 radical (unpaired) electrons. The first-order valence-electron chi connectivity index (χ1n) is 7.84. The van der Waals surface area contributed by atoms with Gasteiger partial charge in [-0.2, -0.15) is 5.10 Å². The molecule has 0 aromatic carbocycles. The molecule has 1 aliphatic heterocycles. The van der Waals surface area contributed by atoms with Crippen molar-refractivity contribution in [1.29, 1.82) is 0 Å². The van der Waals surface area contributed by atoms with Gasteiger partial charge in [0.25, 0.3) is 5.91 Å². The smallest absolute Gasteiger partial charge is 0.274 e. The van der Waals surface area contributed by atoms with Crippen LogP contribution in [0.3, 0.4) is 0 Å². The Kier molecular flexibility index (Phi) is 5.59. The van der Waals surface area contributed by atoms with Gasteiger partial charge in [0, 0.05) is 43.9 Å². The van der Waals surface area contributed by atoms with Gasteiger partial charge in [-0.25, -0.2) is 0 Å². The fourth-order valence-corrected chi connectivity index (χ4v) is 2.56. The van der Waals surface area contributed by atoms with Gasteiger partial charge in [-0.05, 0) is 12.8 Å². The highest BCUT2D eigenvalue weighted by Gasteiger charge is 2.24. The minimum absolute atomic E-state index is 0.0908. The third-order valence-corrected chi connectivity index (χ3v) is 3.86. The number of hydrogen-bond acceptors (Lipinski definition) is 3. The maximum atomic E-state index is 12.7. The molecule has 1 aromatic heterocycles. The van der Waals surface area contributed by atoms with Crippen LogP contribution in [0.25, 0.3) is 0 Å². The lowest BCUT2D eigenvalue weighted by Crippen LogP contribution is -2.34. The predicted molar refractivity (Wildman–Crippen MR) is 79.7 cm³/mol. The number of H-pyrrole nitrogens is 1. The number of fused-ring (bicyclic) bond motifs is 1. The number of nitrogens with zero attached hydrogens (tertiary/aromatic N) is 2. The Labute approximate surface area is 121 Å². The van der Waals surface area contributed by atoms with Gasteiger partial charge >= 0.3 is 0 Å². The molecule has 0 aliphatic carbocycles. The predicted octanol–water partition coefficient (Wildman–Crippen LogP) is 2.10. The highest BCUT2D eigenvalue weighted by atomic mass is 16.2.